The van der Waals surface area contributed by atoms with E-state index in [0.29, 0.717) is 11.5 Å². The Kier molecular flexibility index (Phi) is 5.00. The van der Waals surface area contributed by atoms with Gasteiger partial charge >= 0.3 is 0 Å². The average Bonchev–Trinajstić information content (AvgIpc) is 3.09. The molecule has 1 aliphatic rings. The minimum absolute atomic E-state index is 0.672. The molecule has 1 saturated heterocycles. The van der Waals surface area contributed by atoms with Crippen LogP contribution in [0, 0.1) is 0 Å². The quantitative estimate of drug-likeness (QED) is 0.732. The largest absolute Gasteiger partial charge is 0.496 e. The zero-order chi connectivity index (χ0) is 19.7. The number of ether oxygens (including phenoxy) is 3. The molecule has 0 spiro atoms. The summed E-state index contributed by atoms with van der Waals surface area (Å²) in [5, 5.41) is 9.32. The first-order valence-corrected chi connectivity index (χ1v) is 9.40. The predicted octanol–water partition coefficient (Wildman–Crippen LogP) is 2.68. The van der Waals surface area contributed by atoms with E-state index in [-0.39, 0.29) is 0 Å². The summed E-state index contributed by atoms with van der Waals surface area (Å²) in [7, 11) is 6.97. The van der Waals surface area contributed by atoms with E-state index in [1.165, 1.54) is 0 Å². The molecule has 1 N–H and O–H groups in total. The number of hydrogen-bond acceptors (Lipinski definition) is 6. The van der Waals surface area contributed by atoms with Gasteiger partial charge in [-0.3, -0.25) is 4.68 Å². The van der Waals surface area contributed by atoms with Crippen LogP contribution in [0.2, 0.25) is 0 Å². The number of fused-ring (bicyclic) bond motifs is 1. The third-order valence-corrected chi connectivity index (χ3v) is 5.26. The fourth-order valence-electron chi connectivity index (χ4n) is 3.91. The van der Waals surface area contributed by atoms with E-state index >= 15 is 0 Å². The first-order chi connectivity index (χ1) is 13.7. The monoisotopic (exact) mass is 382 g/mol. The number of aryl methyl sites for hydroxylation is 1. The van der Waals surface area contributed by atoms with Gasteiger partial charge in [-0.15, -0.1) is 0 Å². The average molecular weight is 382 g/mol. The summed E-state index contributed by atoms with van der Waals surface area (Å²) in [6.45, 7) is 3.70. The van der Waals surface area contributed by atoms with Crippen molar-refractivity contribution < 1.29 is 14.2 Å². The maximum Gasteiger partial charge on any atom is 0.169 e. The lowest BCUT2D eigenvalue weighted by Crippen LogP contribution is -2.43. The second-order valence-corrected chi connectivity index (χ2v) is 6.77. The predicted molar refractivity (Wildman–Crippen MR) is 111 cm³/mol. The molecule has 1 aliphatic heterocycles. The van der Waals surface area contributed by atoms with Gasteiger partial charge in [-0.05, 0) is 6.07 Å². The van der Waals surface area contributed by atoms with Gasteiger partial charge in [0.15, 0.2) is 17.3 Å². The van der Waals surface area contributed by atoms with Gasteiger partial charge in [0, 0.05) is 50.4 Å². The lowest BCUT2D eigenvalue weighted by molar-refractivity contribution is 0.356. The molecule has 0 aliphatic carbocycles. The van der Waals surface area contributed by atoms with Gasteiger partial charge in [0.2, 0.25) is 0 Å². The minimum Gasteiger partial charge on any atom is -0.496 e. The molecule has 4 rings (SSSR count). The molecule has 0 saturated carbocycles. The van der Waals surface area contributed by atoms with Crippen molar-refractivity contribution in [3.63, 3.8) is 0 Å². The Balaban J connectivity index is 2.09. The highest BCUT2D eigenvalue weighted by molar-refractivity contribution is 6.07. The van der Waals surface area contributed by atoms with Crippen molar-refractivity contribution in [2.45, 2.75) is 0 Å². The number of nitrogens with zero attached hydrogens (tertiary/aromatic N) is 3. The summed E-state index contributed by atoms with van der Waals surface area (Å²) in [6.07, 6.45) is 0. The first kappa shape index (κ1) is 18.4. The van der Waals surface area contributed by atoms with Crippen molar-refractivity contribution in [2.24, 2.45) is 7.05 Å². The van der Waals surface area contributed by atoms with Crippen molar-refractivity contribution in [1.29, 1.82) is 0 Å². The fourth-order valence-corrected chi connectivity index (χ4v) is 3.91. The summed E-state index contributed by atoms with van der Waals surface area (Å²) in [6, 6.07) is 9.97. The molecule has 3 aromatic rings. The molecule has 0 unspecified atom stereocenters. The molecule has 2 aromatic carbocycles. The summed E-state index contributed by atoms with van der Waals surface area (Å²) in [4.78, 5) is 2.32. The van der Waals surface area contributed by atoms with E-state index in [9.17, 15) is 0 Å². The van der Waals surface area contributed by atoms with Gasteiger partial charge in [-0.1, -0.05) is 18.2 Å². The van der Waals surface area contributed by atoms with Crippen LogP contribution >= 0.6 is 0 Å². The van der Waals surface area contributed by atoms with E-state index in [4.69, 9.17) is 19.3 Å². The number of piperazine rings is 1. The van der Waals surface area contributed by atoms with Crippen LogP contribution in [0.1, 0.15) is 0 Å². The highest BCUT2D eigenvalue weighted by Crippen LogP contribution is 2.49. The molecular weight excluding hydrogens is 356 g/mol. The highest BCUT2D eigenvalue weighted by Gasteiger charge is 2.27. The Bertz CT molecular complexity index is 993. The smallest absolute Gasteiger partial charge is 0.169 e. The number of nitrogens with one attached hydrogen (secondary N) is 1. The van der Waals surface area contributed by atoms with Crippen LogP contribution in [0.15, 0.2) is 30.3 Å². The SMILES string of the molecule is COc1ccccc1-c1c(OC)c(OC)cc2c1c(N1CCNCC1)nn2C. The van der Waals surface area contributed by atoms with E-state index in [1.54, 1.807) is 21.3 Å². The number of benzene rings is 2. The maximum absolute atomic E-state index is 5.83. The Morgan fingerprint density at radius 1 is 0.964 bits per heavy atom. The molecule has 7 nitrogen and oxygen atoms in total. The normalized spacial score (nSPS) is 14.4. The first-order valence-electron chi connectivity index (χ1n) is 9.40. The van der Waals surface area contributed by atoms with Crippen molar-refractivity contribution in [1.82, 2.24) is 15.1 Å². The van der Waals surface area contributed by atoms with Gasteiger partial charge < -0.3 is 24.4 Å². The third kappa shape index (κ3) is 2.92. The Morgan fingerprint density at radius 2 is 1.68 bits per heavy atom. The Labute approximate surface area is 164 Å². The van der Waals surface area contributed by atoms with Crippen molar-refractivity contribution in [2.75, 3.05) is 52.4 Å². The Morgan fingerprint density at radius 3 is 2.36 bits per heavy atom. The number of methoxy groups -OCH3 is 3. The van der Waals surface area contributed by atoms with Crippen LogP contribution < -0.4 is 24.4 Å². The van der Waals surface area contributed by atoms with Gasteiger partial charge in [-0.2, -0.15) is 5.10 Å². The molecule has 0 amide bonds. The maximum atomic E-state index is 5.83. The molecule has 0 atom stereocenters. The molecular formula is C21H26N4O3. The summed E-state index contributed by atoms with van der Waals surface area (Å²) < 4.78 is 19.1. The van der Waals surface area contributed by atoms with Crippen LogP contribution in [-0.2, 0) is 7.05 Å². The number of para-hydroxylation sites is 1. The highest BCUT2D eigenvalue weighted by atomic mass is 16.5. The van der Waals surface area contributed by atoms with E-state index < -0.39 is 0 Å². The third-order valence-electron chi connectivity index (χ3n) is 5.26. The van der Waals surface area contributed by atoms with Crippen LogP contribution in [0.3, 0.4) is 0 Å². The second kappa shape index (κ2) is 7.59. The van der Waals surface area contributed by atoms with Gasteiger partial charge in [0.1, 0.15) is 5.75 Å². The van der Waals surface area contributed by atoms with Crippen LogP contribution in [0.5, 0.6) is 17.2 Å². The fraction of sp³-hybridized carbons (Fsp3) is 0.381. The molecule has 7 heteroatoms. The lowest BCUT2D eigenvalue weighted by atomic mass is 9.98. The topological polar surface area (TPSA) is 60.8 Å². The number of aromatic nitrogens is 2. The van der Waals surface area contributed by atoms with Crippen LogP contribution in [0.4, 0.5) is 5.82 Å². The molecule has 0 bridgehead atoms. The van der Waals surface area contributed by atoms with Gasteiger partial charge in [-0.25, -0.2) is 0 Å². The molecule has 2 heterocycles. The lowest BCUT2D eigenvalue weighted by Gasteiger charge is -2.28. The molecule has 148 valence electrons. The van der Waals surface area contributed by atoms with Gasteiger partial charge in [0.25, 0.3) is 0 Å². The zero-order valence-corrected chi connectivity index (χ0v) is 16.8. The van der Waals surface area contributed by atoms with Crippen LogP contribution in [0.25, 0.3) is 22.0 Å². The summed E-state index contributed by atoms with van der Waals surface area (Å²) in [5.74, 6) is 3.10. The van der Waals surface area contributed by atoms with E-state index in [2.05, 4.69) is 10.2 Å². The molecule has 28 heavy (non-hydrogen) atoms. The van der Waals surface area contributed by atoms with Crippen molar-refractivity contribution in [3.8, 4) is 28.4 Å². The van der Waals surface area contributed by atoms with Crippen molar-refractivity contribution >= 4 is 16.7 Å². The van der Waals surface area contributed by atoms with E-state index in [1.807, 2.05) is 42.1 Å². The zero-order valence-electron chi connectivity index (χ0n) is 16.8. The molecule has 1 fully saturated rings. The Hall–Kier alpha value is -2.93. The standard InChI is InChI=1S/C21H26N4O3/c1-24-15-13-17(27-3)20(28-4)18(14-7-5-6-8-16(14)26-2)19(15)21(23-24)25-11-9-22-10-12-25/h5-8,13,22H,9-12H2,1-4H3. The molecule has 0 radical (unpaired) electrons. The second-order valence-electron chi connectivity index (χ2n) is 6.77. The number of rotatable bonds is 5. The number of anilines is 1. The minimum atomic E-state index is 0.672. The van der Waals surface area contributed by atoms with Gasteiger partial charge in [0.05, 0.1) is 32.2 Å². The number of hydrogen-bond donors (Lipinski definition) is 1. The molecule has 1 aromatic heterocycles. The van der Waals surface area contributed by atoms with Crippen LogP contribution in [-0.4, -0.2) is 57.3 Å². The van der Waals surface area contributed by atoms with Crippen molar-refractivity contribution in [3.05, 3.63) is 30.3 Å². The van der Waals surface area contributed by atoms with E-state index in [0.717, 1.165) is 59.8 Å². The summed E-state index contributed by atoms with van der Waals surface area (Å²) >= 11 is 0. The summed E-state index contributed by atoms with van der Waals surface area (Å²) in [5.41, 5.74) is 2.89.